The molecular formula is C16H12ClN3O2. The molecule has 110 valence electrons. The Hall–Kier alpha value is -2.66. The summed E-state index contributed by atoms with van der Waals surface area (Å²) in [4.78, 5) is 28.0. The predicted octanol–water partition coefficient (Wildman–Crippen LogP) is 3.60. The first-order valence-electron chi connectivity index (χ1n) is 6.61. The van der Waals surface area contributed by atoms with Gasteiger partial charge >= 0.3 is 0 Å². The summed E-state index contributed by atoms with van der Waals surface area (Å²) in [7, 11) is 0. The smallest absolute Gasteiger partial charge is 0.257 e. The number of pyridine rings is 1. The normalized spacial score (nSPS) is 10.6. The summed E-state index contributed by atoms with van der Waals surface area (Å²) in [6, 6.07) is 10.5. The maximum absolute atomic E-state index is 12.3. The summed E-state index contributed by atoms with van der Waals surface area (Å²) in [6.07, 6.45) is 3.05. The van der Waals surface area contributed by atoms with E-state index in [0.717, 1.165) is 0 Å². The molecule has 0 saturated heterocycles. The fourth-order valence-electron chi connectivity index (χ4n) is 2.32. The molecule has 0 saturated carbocycles. The number of nitrogens with zero attached hydrogens (tertiary/aromatic N) is 2. The maximum Gasteiger partial charge on any atom is 0.257 e. The summed E-state index contributed by atoms with van der Waals surface area (Å²) >= 11 is 6.29. The average molecular weight is 314 g/mol. The van der Waals surface area contributed by atoms with Crippen LogP contribution in [0.4, 0.5) is 5.69 Å². The number of carbonyl (C=O) groups excluding carboxylic acids is 2. The zero-order valence-corrected chi connectivity index (χ0v) is 12.5. The second kappa shape index (κ2) is 5.61. The number of halogens is 1. The Morgan fingerprint density at radius 3 is 2.64 bits per heavy atom. The van der Waals surface area contributed by atoms with Crippen molar-refractivity contribution < 1.29 is 9.59 Å². The first-order valence-corrected chi connectivity index (χ1v) is 6.98. The number of anilines is 1. The second-order valence-corrected chi connectivity index (χ2v) is 5.09. The summed E-state index contributed by atoms with van der Waals surface area (Å²) in [5.74, 6) is -0.551. The number of hydrogen-bond acceptors (Lipinski definition) is 3. The Bertz CT molecular complexity index is 872. The lowest BCUT2D eigenvalue weighted by Gasteiger charge is -2.05. The van der Waals surface area contributed by atoms with Crippen molar-refractivity contribution >= 4 is 40.0 Å². The fourth-order valence-corrected chi connectivity index (χ4v) is 2.68. The quantitative estimate of drug-likeness (QED) is 0.786. The Balaban J connectivity index is 2.10. The van der Waals surface area contributed by atoms with Gasteiger partial charge in [0.25, 0.3) is 5.91 Å². The first-order chi connectivity index (χ1) is 10.6. The maximum atomic E-state index is 12.3. The molecule has 0 aliphatic rings. The van der Waals surface area contributed by atoms with Crippen LogP contribution >= 0.6 is 11.6 Å². The fraction of sp³-hybridized carbons (Fsp3) is 0.0625. The van der Waals surface area contributed by atoms with Crippen molar-refractivity contribution in [2.24, 2.45) is 0 Å². The van der Waals surface area contributed by atoms with Gasteiger partial charge in [-0.15, -0.1) is 0 Å². The minimum absolute atomic E-state index is 0.186. The summed E-state index contributed by atoms with van der Waals surface area (Å²) < 4.78 is 1.37. The number of carbonyl (C=O) groups is 2. The molecule has 0 radical (unpaired) electrons. The van der Waals surface area contributed by atoms with Crippen LogP contribution in [0.25, 0.3) is 10.9 Å². The van der Waals surface area contributed by atoms with Gasteiger partial charge < -0.3 is 5.32 Å². The number of benzene rings is 1. The van der Waals surface area contributed by atoms with E-state index in [-0.39, 0.29) is 17.0 Å². The van der Waals surface area contributed by atoms with E-state index < -0.39 is 0 Å². The van der Waals surface area contributed by atoms with E-state index in [4.69, 9.17) is 11.6 Å². The number of aromatic nitrogens is 2. The van der Waals surface area contributed by atoms with E-state index in [9.17, 15) is 9.59 Å². The highest BCUT2D eigenvalue weighted by Gasteiger charge is 2.19. The average Bonchev–Trinajstić information content (AvgIpc) is 2.81. The Kier molecular flexibility index (Phi) is 3.65. The molecular weight excluding hydrogens is 302 g/mol. The largest absolute Gasteiger partial charge is 0.319 e. The van der Waals surface area contributed by atoms with Crippen LogP contribution in [0.5, 0.6) is 0 Å². The Morgan fingerprint density at radius 2 is 1.95 bits per heavy atom. The van der Waals surface area contributed by atoms with Crippen LogP contribution in [0.15, 0.2) is 48.8 Å². The molecule has 0 unspecified atom stereocenters. The van der Waals surface area contributed by atoms with Gasteiger partial charge in [-0.2, -0.15) is 0 Å². The van der Waals surface area contributed by atoms with Crippen molar-refractivity contribution in [3.05, 3.63) is 59.5 Å². The summed E-state index contributed by atoms with van der Waals surface area (Å²) in [5.41, 5.74) is 1.49. The highest BCUT2D eigenvalue weighted by atomic mass is 35.5. The number of nitrogens with one attached hydrogen (secondary N) is 1. The van der Waals surface area contributed by atoms with Crippen LogP contribution < -0.4 is 5.32 Å². The van der Waals surface area contributed by atoms with Crippen molar-refractivity contribution in [1.29, 1.82) is 0 Å². The predicted molar refractivity (Wildman–Crippen MR) is 85.4 cm³/mol. The Morgan fingerprint density at radius 1 is 1.18 bits per heavy atom. The van der Waals surface area contributed by atoms with Gasteiger partial charge in [0, 0.05) is 24.7 Å². The van der Waals surface area contributed by atoms with Gasteiger partial charge in [-0.3, -0.25) is 19.1 Å². The van der Waals surface area contributed by atoms with Gasteiger partial charge in [0.05, 0.1) is 16.8 Å². The molecule has 2 heterocycles. The third-order valence-electron chi connectivity index (χ3n) is 3.29. The minimum atomic E-state index is -0.332. The van der Waals surface area contributed by atoms with Gasteiger partial charge in [-0.05, 0) is 18.2 Å². The lowest BCUT2D eigenvalue weighted by atomic mass is 10.2. The van der Waals surface area contributed by atoms with Crippen LogP contribution in [0, 0.1) is 0 Å². The molecule has 22 heavy (non-hydrogen) atoms. The molecule has 1 aromatic carbocycles. The number of fused-ring (bicyclic) bond motifs is 1. The highest BCUT2D eigenvalue weighted by molar-refractivity contribution is 6.37. The van der Waals surface area contributed by atoms with E-state index in [1.54, 1.807) is 30.5 Å². The van der Waals surface area contributed by atoms with Crippen molar-refractivity contribution in [2.45, 2.75) is 6.92 Å². The lowest BCUT2D eigenvalue weighted by molar-refractivity contribution is 0.0940. The zero-order chi connectivity index (χ0) is 15.7. The Labute approximate surface area is 131 Å². The molecule has 3 rings (SSSR count). The molecule has 0 fully saturated rings. The van der Waals surface area contributed by atoms with E-state index in [1.807, 2.05) is 12.1 Å². The molecule has 0 atom stereocenters. The first kappa shape index (κ1) is 14.3. The van der Waals surface area contributed by atoms with Crippen molar-refractivity contribution in [1.82, 2.24) is 9.55 Å². The van der Waals surface area contributed by atoms with Gasteiger partial charge in [0.2, 0.25) is 5.91 Å². The van der Waals surface area contributed by atoms with Crippen LogP contribution in [0.3, 0.4) is 0 Å². The molecule has 0 spiro atoms. The zero-order valence-electron chi connectivity index (χ0n) is 11.7. The van der Waals surface area contributed by atoms with E-state index in [1.165, 1.54) is 17.7 Å². The number of rotatable bonds is 2. The number of para-hydroxylation sites is 1. The van der Waals surface area contributed by atoms with Crippen LogP contribution in [-0.4, -0.2) is 21.4 Å². The highest BCUT2D eigenvalue weighted by Crippen LogP contribution is 2.34. The molecule has 1 N–H and O–H groups in total. The van der Waals surface area contributed by atoms with E-state index >= 15 is 0 Å². The molecule has 0 aliphatic carbocycles. The summed E-state index contributed by atoms with van der Waals surface area (Å²) in [5, 5.41) is 3.66. The standard InChI is InChI=1S/C16H12ClN3O2/c1-10(21)20-13-7-3-2-6-12(13)14(15(20)17)19-16(22)11-5-4-8-18-9-11/h2-9H,1H3,(H,19,22). The lowest BCUT2D eigenvalue weighted by Crippen LogP contribution is -2.12. The number of hydrogen-bond donors (Lipinski definition) is 1. The molecule has 2 aromatic heterocycles. The third-order valence-corrected chi connectivity index (χ3v) is 3.65. The topological polar surface area (TPSA) is 64.0 Å². The van der Waals surface area contributed by atoms with Gasteiger partial charge in [0.1, 0.15) is 5.15 Å². The van der Waals surface area contributed by atoms with Crippen molar-refractivity contribution in [3.63, 3.8) is 0 Å². The third kappa shape index (κ3) is 2.35. The monoisotopic (exact) mass is 313 g/mol. The van der Waals surface area contributed by atoms with E-state index in [0.29, 0.717) is 22.2 Å². The van der Waals surface area contributed by atoms with Crippen molar-refractivity contribution in [3.8, 4) is 0 Å². The van der Waals surface area contributed by atoms with Gasteiger partial charge in [-0.25, -0.2) is 0 Å². The minimum Gasteiger partial charge on any atom is -0.319 e. The van der Waals surface area contributed by atoms with Crippen LogP contribution in [0.1, 0.15) is 22.1 Å². The van der Waals surface area contributed by atoms with Crippen molar-refractivity contribution in [2.75, 3.05) is 5.32 Å². The molecule has 0 aliphatic heterocycles. The molecule has 6 heteroatoms. The molecule has 1 amide bonds. The second-order valence-electron chi connectivity index (χ2n) is 4.73. The van der Waals surface area contributed by atoms with E-state index in [2.05, 4.69) is 10.3 Å². The molecule has 3 aromatic rings. The van der Waals surface area contributed by atoms with Crippen LogP contribution in [-0.2, 0) is 0 Å². The SMILES string of the molecule is CC(=O)n1c(Cl)c(NC(=O)c2cccnc2)c2ccccc21. The van der Waals surface area contributed by atoms with Gasteiger partial charge in [-0.1, -0.05) is 29.8 Å². The van der Waals surface area contributed by atoms with Gasteiger partial charge in [0.15, 0.2) is 0 Å². The summed E-state index contributed by atoms with van der Waals surface area (Å²) in [6.45, 7) is 1.42. The molecule has 5 nitrogen and oxygen atoms in total. The molecule has 0 bridgehead atoms. The number of amides is 1. The van der Waals surface area contributed by atoms with Crippen LogP contribution in [0.2, 0.25) is 5.15 Å².